The molecule has 0 radical (unpaired) electrons. The Kier molecular flexibility index (Phi) is 6.21. The van der Waals surface area contributed by atoms with Crippen molar-refractivity contribution in [1.82, 2.24) is 19.1 Å². The first-order valence-corrected chi connectivity index (χ1v) is 10.2. The van der Waals surface area contributed by atoms with E-state index in [0.717, 1.165) is 0 Å². The third kappa shape index (κ3) is 4.03. The minimum absolute atomic E-state index is 0.233. The lowest BCUT2D eigenvalue weighted by Gasteiger charge is -2.18. The van der Waals surface area contributed by atoms with Crippen LogP contribution < -0.4 is 0 Å². The summed E-state index contributed by atoms with van der Waals surface area (Å²) in [4.78, 5) is 0.233. The lowest BCUT2D eigenvalue weighted by Crippen LogP contribution is -2.30. The van der Waals surface area contributed by atoms with E-state index in [1.165, 1.54) is 16.1 Å². The Bertz CT molecular complexity index is 882. The topological polar surface area (TPSA) is 91.9 Å². The number of hydrogen-bond acceptors (Lipinski definition) is 6. The average Bonchev–Trinajstić information content (AvgIpc) is 2.96. The third-order valence-electron chi connectivity index (χ3n) is 3.73. The maximum atomic E-state index is 12.7. The van der Waals surface area contributed by atoms with E-state index in [9.17, 15) is 8.42 Å². The van der Waals surface area contributed by atoms with Gasteiger partial charge in [-0.3, -0.25) is 0 Å². The van der Waals surface area contributed by atoms with E-state index in [0.29, 0.717) is 29.6 Å². The van der Waals surface area contributed by atoms with E-state index >= 15 is 0 Å². The highest BCUT2D eigenvalue weighted by Gasteiger charge is 2.23. The van der Waals surface area contributed by atoms with Crippen LogP contribution in [0.1, 0.15) is 20.8 Å². The molecule has 0 aliphatic carbocycles. The fourth-order valence-electron chi connectivity index (χ4n) is 2.36. The Morgan fingerprint density at radius 2 is 2.00 bits per heavy atom. The van der Waals surface area contributed by atoms with Crippen LogP contribution in [0.3, 0.4) is 0 Å². The fraction of sp³-hybridized carbons (Fsp3) is 0.438. The van der Waals surface area contributed by atoms with Crippen LogP contribution in [0, 0.1) is 11.3 Å². The molecule has 1 aromatic carbocycles. The van der Waals surface area contributed by atoms with Crippen molar-refractivity contribution in [3.8, 4) is 17.5 Å². The molecule has 0 fully saturated rings. The molecular weight excluding hydrogens is 358 g/mol. The van der Waals surface area contributed by atoms with Crippen LogP contribution in [0.25, 0.3) is 11.4 Å². The van der Waals surface area contributed by atoms with E-state index in [4.69, 9.17) is 5.26 Å². The van der Waals surface area contributed by atoms with Gasteiger partial charge < -0.3 is 4.57 Å². The normalized spacial score (nSPS) is 13.0. The fourth-order valence-corrected chi connectivity index (χ4v) is 4.57. The zero-order chi connectivity index (χ0) is 18.6. The largest absolute Gasteiger partial charge is 0.305 e. The number of nitrogens with zero attached hydrogens (tertiary/aromatic N) is 5. The summed E-state index contributed by atoms with van der Waals surface area (Å²) in [6.45, 7) is 6.25. The van der Waals surface area contributed by atoms with Gasteiger partial charge in [-0.15, -0.1) is 10.2 Å². The maximum absolute atomic E-state index is 12.7. The first kappa shape index (κ1) is 19.4. The van der Waals surface area contributed by atoms with Crippen molar-refractivity contribution in [3.63, 3.8) is 0 Å². The quantitative estimate of drug-likeness (QED) is 0.687. The molecule has 25 heavy (non-hydrogen) atoms. The summed E-state index contributed by atoms with van der Waals surface area (Å²) in [6.07, 6.45) is 0. The number of thioether (sulfide) groups is 1. The lowest BCUT2D eigenvalue weighted by atomic mass is 10.2. The first-order chi connectivity index (χ1) is 11.8. The van der Waals surface area contributed by atoms with Crippen molar-refractivity contribution in [2.45, 2.75) is 36.1 Å². The molecule has 1 heterocycles. The van der Waals surface area contributed by atoms with Gasteiger partial charge in [-0.2, -0.15) is 9.57 Å². The SMILES string of the molecule is CCN(CC)S(=O)(=O)c1cccc(-c2nnc(S[C@@H](C)C#N)n2C)c1. The van der Waals surface area contributed by atoms with Crippen molar-refractivity contribution in [1.29, 1.82) is 5.26 Å². The third-order valence-corrected chi connectivity index (χ3v) is 6.81. The smallest absolute Gasteiger partial charge is 0.243 e. The molecule has 2 aromatic rings. The Morgan fingerprint density at radius 1 is 1.32 bits per heavy atom. The molecule has 9 heteroatoms. The van der Waals surface area contributed by atoms with E-state index in [1.807, 2.05) is 13.8 Å². The molecule has 134 valence electrons. The summed E-state index contributed by atoms with van der Waals surface area (Å²) in [7, 11) is -1.73. The highest BCUT2D eigenvalue weighted by molar-refractivity contribution is 8.00. The molecule has 0 spiro atoms. The van der Waals surface area contributed by atoms with Crippen molar-refractivity contribution >= 4 is 21.8 Å². The predicted molar refractivity (Wildman–Crippen MR) is 97.5 cm³/mol. The molecule has 0 saturated heterocycles. The summed E-state index contributed by atoms with van der Waals surface area (Å²) < 4.78 is 28.6. The van der Waals surface area contributed by atoms with Gasteiger partial charge in [0.25, 0.3) is 0 Å². The van der Waals surface area contributed by atoms with Gasteiger partial charge in [0.1, 0.15) is 0 Å². The minimum Gasteiger partial charge on any atom is -0.305 e. The maximum Gasteiger partial charge on any atom is 0.243 e. The molecule has 0 N–H and O–H groups in total. The number of sulfonamides is 1. The zero-order valence-electron chi connectivity index (χ0n) is 14.7. The van der Waals surface area contributed by atoms with Gasteiger partial charge in [-0.05, 0) is 19.1 Å². The average molecular weight is 380 g/mol. The Hall–Kier alpha value is -1.89. The molecule has 0 amide bonds. The Balaban J connectivity index is 2.42. The van der Waals surface area contributed by atoms with Crippen LogP contribution in [-0.2, 0) is 17.1 Å². The molecule has 7 nitrogen and oxygen atoms in total. The number of rotatable bonds is 7. The summed E-state index contributed by atoms with van der Waals surface area (Å²) >= 11 is 1.31. The molecule has 2 rings (SSSR count). The highest BCUT2D eigenvalue weighted by Crippen LogP contribution is 2.27. The summed E-state index contributed by atoms with van der Waals surface area (Å²) in [5.74, 6) is 0.559. The highest BCUT2D eigenvalue weighted by atomic mass is 32.2. The molecule has 0 aliphatic rings. The van der Waals surface area contributed by atoms with Crippen LogP contribution >= 0.6 is 11.8 Å². The second-order valence-corrected chi connectivity index (χ2v) is 8.62. The van der Waals surface area contributed by atoms with Gasteiger partial charge in [0.05, 0.1) is 16.2 Å². The monoisotopic (exact) mass is 379 g/mol. The van der Waals surface area contributed by atoms with Crippen molar-refractivity contribution in [2.75, 3.05) is 13.1 Å². The molecule has 0 saturated carbocycles. The van der Waals surface area contributed by atoms with Gasteiger partial charge in [0.15, 0.2) is 11.0 Å². The number of aromatic nitrogens is 3. The lowest BCUT2D eigenvalue weighted by molar-refractivity contribution is 0.445. The zero-order valence-corrected chi connectivity index (χ0v) is 16.3. The van der Waals surface area contributed by atoms with Gasteiger partial charge in [0, 0.05) is 25.7 Å². The summed E-state index contributed by atoms with van der Waals surface area (Å²) in [5, 5.41) is 17.6. The Labute approximate surface area is 152 Å². The van der Waals surface area contributed by atoms with Crippen LogP contribution in [0.5, 0.6) is 0 Å². The molecule has 1 atom stereocenters. The van der Waals surface area contributed by atoms with E-state index in [-0.39, 0.29) is 10.1 Å². The molecule has 0 unspecified atom stereocenters. The van der Waals surface area contributed by atoms with Crippen LogP contribution in [0.15, 0.2) is 34.3 Å². The first-order valence-electron chi connectivity index (χ1n) is 7.91. The number of hydrogen-bond donors (Lipinski definition) is 0. The van der Waals surface area contributed by atoms with Crippen molar-refractivity contribution in [3.05, 3.63) is 24.3 Å². The standard InChI is InChI=1S/C16H21N5O2S2/c1-5-21(6-2)25(22,23)14-9-7-8-13(10-14)15-18-19-16(20(15)4)24-12(3)11-17/h7-10,12H,5-6H2,1-4H3/t12-/m0/s1. The molecule has 0 bridgehead atoms. The number of benzene rings is 1. The van der Waals surface area contributed by atoms with Gasteiger partial charge in [-0.1, -0.05) is 37.7 Å². The second-order valence-electron chi connectivity index (χ2n) is 5.37. The van der Waals surface area contributed by atoms with Crippen LogP contribution in [-0.4, -0.2) is 45.8 Å². The van der Waals surface area contributed by atoms with E-state index in [1.54, 1.807) is 42.8 Å². The van der Waals surface area contributed by atoms with Gasteiger partial charge in [0.2, 0.25) is 10.0 Å². The predicted octanol–water partition coefficient (Wildman–Crippen LogP) is 2.52. The van der Waals surface area contributed by atoms with Crippen LogP contribution in [0.4, 0.5) is 0 Å². The van der Waals surface area contributed by atoms with Crippen molar-refractivity contribution < 1.29 is 8.42 Å². The summed E-state index contributed by atoms with van der Waals surface area (Å²) in [5.41, 5.74) is 0.666. The molecule has 0 aliphatic heterocycles. The van der Waals surface area contributed by atoms with E-state index < -0.39 is 10.0 Å². The minimum atomic E-state index is -3.53. The Morgan fingerprint density at radius 3 is 2.60 bits per heavy atom. The second kappa shape index (κ2) is 7.99. The molecule has 1 aromatic heterocycles. The van der Waals surface area contributed by atoms with E-state index in [2.05, 4.69) is 16.3 Å². The summed E-state index contributed by atoms with van der Waals surface area (Å²) in [6, 6.07) is 8.83. The van der Waals surface area contributed by atoms with Crippen molar-refractivity contribution in [2.24, 2.45) is 7.05 Å². The number of nitriles is 1. The van der Waals surface area contributed by atoms with Gasteiger partial charge >= 0.3 is 0 Å². The molecular formula is C16H21N5O2S2. The van der Waals surface area contributed by atoms with Gasteiger partial charge in [-0.25, -0.2) is 8.42 Å². The van der Waals surface area contributed by atoms with Crippen LogP contribution in [0.2, 0.25) is 0 Å².